The highest BCUT2D eigenvalue weighted by molar-refractivity contribution is 5.74. The molecule has 1 nitrogen and oxygen atoms in total. The molecule has 0 amide bonds. The molecule has 0 fully saturated rings. The monoisotopic (exact) mass is 228 g/mol. The van der Waals surface area contributed by atoms with Crippen molar-refractivity contribution in [2.24, 2.45) is 0 Å². The Balaban J connectivity index is 2.88. The molecule has 1 aromatic rings. The van der Waals surface area contributed by atoms with Gasteiger partial charge in [-0.15, -0.1) is 0 Å². The topological polar surface area (TPSA) is 17.1 Å². The zero-order valence-corrected chi connectivity index (χ0v) is 11.0. The van der Waals surface area contributed by atoms with Crippen molar-refractivity contribution < 1.29 is 4.79 Å². The molecule has 0 N–H and O–H groups in total. The highest BCUT2D eigenvalue weighted by Gasteiger charge is 1.97. The highest BCUT2D eigenvalue weighted by atomic mass is 16.1. The molecule has 0 atom stereocenters. The molecule has 0 aliphatic carbocycles. The van der Waals surface area contributed by atoms with Crippen molar-refractivity contribution in [1.82, 2.24) is 0 Å². The molecule has 0 saturated carbocycles. The zero-order chi connectivity index (χ0) is 12.8. The lowest BCUT2D eigenvalue weighted by Gasteiger charge is -2.05. The molecule has 1 heteroatoms. The summed E-state index contributed by atoms with van der Waals surface area (Å²) in [4.78, 5) is 10.5. The molecule has 0 heterocycles. The van der Waals surface area contributed by atoms with Gasteiger partial charge in [-0.05, 0) is 36.5 Å². The molecule has 0 saturated heterocycles. The quantitative estimate of drug-likeness (QED) is 0.425. The van der Waals surface area contributed by atoms with Gasteiger partial charge in [-0.3, -0.25) is 4.79 Å². The second kappa shape index (κ2) is 6.19. The zero-order valence-electron chi connectivity index (χ0n) is 11.0. The lowest BCUT2D eigenvalue weighted by molar-refractivity contribution is -0.104. The third-order valence-corrected chi connectivity index (χ3v) is 2.64. The largest absolute Gasteiger partial charge is 0.298 e. The Morgan fingerprint density at radius 1 is 1.06 bits per heavy atom. The van der Waals surface area contributed by atoms with Crippen LogP contribution in [0.3, 0.4) is 0 Å². The highest BCUT2D eigenvalue weighted by Crippen LogP contribution is 2.16. The molecule has 0 aliphatic rings. The summed E-state index contributed by atoms with van der Waals surface area (Å²) in [7, 11) is 0. The van der Waals surface area contributed by atoms with Crippen LogP contribution in [0.4, 0.5) is 0 Å². The van der Waals surface area contributed by atoms with Crippen molar-refractivity contribution in [2.75, 3.05) is 0 Å². The number of rotatable bonds is 4. The number of carbonyl (C=O) groups is 1. The Hall–Kier alpha value is -1.63. The van der Waals surface area contributed by atoms with E-state index in [1.165, 1.54) is 11.1 Å². The molecule has 1 rings (SSSR count). The van der Waals surface area contributed by atoms with Crippen molar-refractivity contribution in [3.63, 3.8) is 0 Å². The Morgan fingerprint density at radius 3 is 2.12 bits per heavy atom. The number of carbonyl (C=O) groups excluding carboxylic acids is 1. The molecule has 90 valence electrons. The minimum absolute atomic E-state index is 0.561. The van der Waals surface area contributed by atoms with Gasteiger partial charge in [0.1, 0.15) is 6.29 Å². The Kier molecular flexibility index (Phi) is 4.89. The van der Waals surface area contributed by atoms with E-state index in [4.69, 9.17) is 0 Å². The first kappa shape index (κ1) is 13.4. The van der Waals surface area contributed by atoms with E-state index in [2.05, 4.69) is 44.2 Å². The third-order valence-electron chi connectivity index (χ3n) is 2.64. The molecular weight excluding hydrogens is 208 g/mol. The summed E-state index contributed by atoms with van der Waals surface area (Å²) in [6, 6.07) is 8.53. The van der Waals surface area contributed by atoms with Crippen LogP contribution in [-0.4, -0.2) is 6.29 Å². The lowest BCUT2D eigenvalue weighted by Crippen LogP contribution is -1.86. The predicted molar refractivity (Wildman–Crippen MR) is 74.0 cm³/mol. The normalized spacial score (nSPS) is 13.0. The van der Waals surface area contributed by atoms with E-state index < -0.39 is 0 Å². The van der Waals surface area contributed by atoms with E-state index in [1.54, 1.807) is 0 Å². The fourth-order valence-corrected chi connectivity index (χ4v) is 1.67. The van der Waals surface area contributed by atoms with Crippen LogP contribution in [0, 0.1) is 0 Å². The maximum absolute atomic E-state index is 10.5. The summed E-state index contributed by atoms with van der Waals surface area (Å²) in [6.07, 6.45) is 4.85. The van der Waals surface area contributed by atoms with Gasteiger partial charge in [-0.25, -0.2) is 0 Å². The molecule has 0 aromatic heterocycles. The second-order valence-corrected chi connectivity index (χ2v) is 4.72. The SMILES string of the molecule is C/C(C=O)=C\C(C)=C\c1ccc(C(C)C)cc1. The minimum atomic E-state index is 0.561. The van der Waals surface area contributed by atoms with Crippen LogP contribution >= 0.6 is 0 Å². The van der Waals surface area contributed by atoms with Gasteiger partial charge in [0, 0.05) is 0 Å². The fraction of sp³-hybridized carbons (Fsp3) is 0.312. The van der Waals surface area contributed by atoms with Crippen LogP contribution in [0.2, 0.25) is 0 Å². The summed E-state index contributed by atoms with van der Waals surface area (Å²) < 4.78 is 0. The molecule has 17 heavy (non-hydrogen) atoms. The van der Waals surface area contributed by atoms with Gasteiger partial charge in [0.15, 0.2) is 0 Å². The van der Waals surface area contributed by atoms with E-state index in [0.717, 1.165) is 17.4 Å². The van der Waals surface area contributed by atoms with Crippen LogP contribution in [0.25, 0.3) is 6.08 Å². The summed E-state index contributed by atoms with van der Waals surface area (Å²) in [6.45, 7) is 8.19. The molecule has 1 aromatic carbocycles. The van der Waals surface area contributed by atoms with E-state index in [-0.39, 0.29) is 0 Å². The minimum Gasteiger partial charge on any atom is -0.298 e. The number of hydrogen-bond donors (Lipinski definition) is 0. The summed E-state index contributed by atoms with van der Waals surface area (Å²) >= 11 is 0. The van der Waals surface area contributed by atoms with Crippen LogP contribution < -0.4 is 0 Å². The number of allylic oxidation sites excluding steroid dienone is 3. The maximum Gasteiger partial charge on any atom is 0.145 e. The third kappa shape index (κ3) is 4.39. The molecule has 0 spiro atoms. The lowest BCUT2D eigenvalue weighted by atomic mass is 10.0. The average molecular weight is 228 g/mol. The van der Waals surface area contributed by atoms with Gasteiger partial charge in [0.05, 0.1) is 0 Å². The van der Waals surface area contributed by atoms with E-state index in [1.807, 2.05) is 19.9 Å². The predicted octanol–water partition coefficient (Wildman–Crippen LogP) is 4.36. The van der Waals surface area contributed by atoms with Gasteiger partial charge < -0.3 is 0 Å². The number of benzene rings is 1. The molecule has 0 radical (unpaired) electrons. The van der Waals surface area contributed by atoms with E-state index in [9.17, 15) is 4.79 Å². The van der Waals surface area contributed by atoms with Crippen molar-refractivity contribution in [3.05, 3.63) is 52.6 Å². The average Bonchev–Trinajstić information content (AvgIpc) is 2.29. The fourth-order valence-electron chi connectivity index (χ4n) is 1.67. The first-order chi connectivity index (χ1) is 8.02. The van der Waals surface area contributed by atoms with Crippen molar-refractivity contribution in [2.45, 2.75) is 33.6 Å². The number of aldehydes is 1. The molecule has 0 unspecified atom stereocenters. The Morgan fingerprint density at radius 2 is 1.65 bits per heavy atom. The molecule has 0 bridgehead atoms. The molecule has 0 aliphatic heterocycles. The standard InChI is InChI=1S/C16H20O/c1-12(2)16-7-5-15(6-8-16)10-13(3)9-14(4)11-17/h5-12H,1-4H3/b13-10+,14-9+. The summed E-state index contributed by atoms with van der Waals surface area (Å²) in [5, 5.41) is 0. The van der Waals surface area contributed by atoms with Gasteiger partial charge in [0.2, 0.25) is 0 Å². The Bertz CT molecular complexity index is 433. The van der Waals surface area contributed by atoms with Crippen LogP contribution in [0.1, 0.15) is 44.7 Å². The second-order valence-electron chi connectivity index (χ2n) is 4.72. The van der Waals surface area contributed by atoms with Gasteiger partial charge in [0.25, 0.3) is 0 Å². The van der Waals surface area contributed by atoms with Crippen LogP contribution in [0.15, 0.2) is 41.5 Å². The number of hydrogen-bond acceptors (Lipinski definition) is 1. The Labute approximate surface area is 104 Å². The first-order valence-electron chi connectivity index (χ1n) is 5.94. The molecular formula is C16H20O. The smallest absolute Gasteiger partial charge is 0.145 e. The van der Waals surface area contributed by atoms with Crippen LogP contribution in [-0.2, 0) is 4.79 Å². The van der Waals surface area contributed by atoms with E-state index in [0.29, 0.717) is 5.92 Å². The summed E-state index contributed by atoms with van der Waals surface area (Å²) in [5.41, 5.74) is 4.35. The first-order valence-corrected chi connectivity index (χ1v) is 5.94. The van der Waals surface area contributed by atoms with Gasteiger partial charge in [-0.1, -0.05) is 55.8 Å². The van der Waals surface area contributed by atoms with Crippen molar-refractivity contribution in [3.8, 4) is 0 Å². The van der Waals surface area contributed by atoms with Crippen LogP contribution in [0.5, 0.6) is 0 Å². The van der Waals surface area contributed by atoms with Gasteiger partial charge >= 0.3 is 0 Å². The maximum atomic E-state index is 10.5. The van der Waals surface area contributed by atoms with E-state index >= 15 is 0 Å². The summed E-state index contributed by atoms with van der Waals surface area (Å²) in [5.74, 6) is 0.561. The van der Waals surface area contributed by atoms with Crippen molar-refractivity contribution >= 4 is 12.4 Å². The van der Waals surface area contributed by atoms with Crippen molar-refractivity contribution in [1.29, 1.82) is 0 Å². The van der Waals surface area contributed by atoms with Gasteiger partial charge in [-0.2, -0.15) is 0 Å².